The van der Waals surface area contributed by atoms with E-state index in [1.165, 1.54) is 0 Å². The molecule has 1 aromatic rings. The minimum Gasteiger partial charge on any atom is -0.481 e. The number of nitrogens with one attached hydrogen (secondary N) is 1. The van der Waals surface area contributed by atoms with Gasteiger partial charge in [0, 0.05) is 5.92 Å². The first-order valence-electron chi connectivity index (χ1n) is 6.22. The fourth-order valence-electron chi connectivity index (χ4n) is 2.36. The van der Waals surface area contributed by atoms with Crippen LogP contribution in [0, 0.1) is 11.8 Å². The van der Waals surface area contributed by atoms with Crippen molar-refractivity contribution in [3.8, 4) is 0 Å². The predicted octanol–water partition coefficient (Wildman–Crippen LogP) is 2.67. The molecule has 0 radical (unpaired) electrons. The van der Waals surface area contributed by atoms with Crippen LogP contribution in [0.5, 0.6) is 0 Å². The summed E-state index contributed by atoms with van der Waals surface area (Å²) in [6, 6.07) is 5.27. The third kappa shape index (κ3) is 3.76. The zero-order valence-electron chi connectivity index (χ0n) is 10.3. The van der Waals surface area contributed by atoms with Gasteiger partial charge in [0.25, 0.3) is 0 Å². The summed E-state index contributed by atoms with van der Waals surface area (Å²) in [7, 11) is 0. The molecule has 0 aromatic carbocycles. The highest BCUT2D eigenvalue weighted by Crippen LogP contribution is 2.30. The number of halogens is 1. The fourth-order valence-corrected chi connectivity index (χ4v) is 2.70. The number of rotatable bonds is 3. The minimum atomic E-state index is -0.807. The number of carboxylic acid groups (broad SMARTS) is 1. The molecule has 6 heteroatoms. The molecule has 1 saturated carbocycles. The number of hydrogen-bond donors (Lipinski definition) is 2. The van der Waals surface area contributed by atoms with Crippen LogP contribution in [0.2, 0.25) is 0 Å². The van der Waals surface area contributed by atoms with Gasteiger partial charge >= 0.3 is 5.97 Å². The SMILES string of the molecule is O=C(O)C1CCCC(C(=O)Nc2cccc(Br)n2)C1. The number of anilines is 1. The van der Waals surface area contributed by atoms with Gasteiger partial charge in [-0.2, -0.15) is 0 Å². The first-order chi connectivity index (χ1) is 9.06. The van der Waals surface area contributed by atoms with Gasteiger partial charge in [0.2, 0.25) is 5.91 Å². The third-order valence-corrected chi connectivity index (χ3v) is 3.80. The first kappa shape index (κ1) is 14.0. The number of nitrogens with zero attached hydrogens (tertiary/aromatic N) is 1. The van der Waals surface area contributed by atoms with Crippen LogP contribution in [0.25, 0.3) is 0 Å². The van der Waals surface area contributed by atoms with E-state index in [2.05, 4.69) is 26.2 Å². The quantitative estimate of drug-likeness (QED) is 0.837. The maximum atomic E-state index is 12.1. The van der Waals surface area contributed by atoms with E-state index < -0.39 is 11.9 Å². The van der Waals surface area contributed by atoms with Crippen molar-refractivity contribution in [2.45, 2.75) is 25.7 Å². The Morgan fingerprint density at radius 3 is 2.74 bits per heavy atom. The summed E-state index contributed by atoms with van der Waals surface area (Å²) in [5.74, 6) is -1.11. The van der Waals surface area contributed by atoms with Gasteiger partial charge in [-0.3, -0.25) is 9.59 Å². The van der Waals surface area contributed by atoms with E-state index >= 15 is 0 Å². The lowest BCUT2D eigenvalue weighted by Crippen LogP contribution is -2.31. The number of aromatic nitrogens is 1. The molecule has 1 heterocycles. The number of hydrogen-bond acceptors (Lipinski definition) is 3. The Bertz CT molecular complexity index is 493. The molecule has 1 fully saturated rings. The number of carboxylic acids is 1. The predicted molar refractivity (Wildman–Crippen MR) is 73.7 cm³/mol. The van der Waals surface area contributed by atoms with Crippen LogP contribution in [-0.2, 0) is 9.59 Å². The van der Waals surface area contributed by atoms with E-state index in [1.807, 2.05) is 0 Å². The summed E-state index contributed by atoms with van der Waals surface area (Å²) in [5, 5.41) is 11.8. The van der Waals surface area contributed by atoms with Crippen molar-refractivity contribution in [2.24, 2.45) is 11.8 Å². The second-order valence-electron chi connectivity index (χ2n) is 4.73. The lowest BCUT2D eigenvalue weighted by atomic mass is 9.81. The summed E-state index contributed by atoms with van der Waals surface area (Å²) >= 11 is 3.24. The Kier molecular flexibility index (Phi) is 4.52. The average molecular weight is 327 g/mol. The molecule has 0 aliphatic heterocycles. The largest absolute Gasteiger partial charge is 0.481 e. The molecular weight excluding hydrogens is 312 g/mol. The van der Waals surface area contributed by atoms with E-state index in [9.17, 15) is 9.59 Å². The highest BCUT2D eigenvalue weighted by molar-refractivity contribution is 9.10. The number of amides is 1. The molecule has 2 rings (SSSR count). The first-order valence-corrected chi connectivity index (χ1v) is 7.02. The summed E-state index contributed by atoms with van der Waals surface area (Å²) in [4.78, 5) is 27.2. The molecule has 1 aliphatic rings. The Balaban J connectivity index is 1.98. The van der Waals surface area contributed by atoms with E-state index in [-0.39, 0.29) is 11.8 Å². The van der Waals surface area contributed by atoms with Gasteiger partial charge < -0.3 is 10.4 Å². The smallest absolute Gasteiger partial charge is 0.306 e. The van der Waals surface area contributed by atoms with Crippen LogP contribution in [-0.4, -0.2) is 22.0 Å². The molecule has 2 atom stereocenters. The Morgan fingerprint density at radius 2 is 2.05 bits per heavy atom. The summed E-state index contributed by atoms with van der Waals surface area (Å²) in [6.07, 6.45) is 2.59. The lowest BCUT2D eigenvalue weighted by molar-refractivity contribution is -0.143. The fraction of sp³-hybridized carbons (Fsp3) is 0.462. The molecule has 19 heavy (non-hydrogen) atoms. The highest BCUT2D eigenvalue weighted by Gasteiger charge is 2.31. The molecule has 102 valence electrons. The van der Waals surface area contributed by atoms with Crippen molar-refractivity contribution in [1.82, 2.24) is 4.98 Å². The molecule has 5 nitrogen and oxygen atoms in total. The van der Waals surface area contributed by atoms with Gasteiger partial charge in [0.1, 0.15) is 10.4 Å². The maximum absolute atomic E-state index is 12.1. The van der Waals surface area contributed by atoms with E-state index in [1.54, 1.807) is 18.2 Å². The molecule has 2 unspecified atom stereocenters. The number of carbonyl (C=O) groups excluding carboxylic acids is 1. The number of pyridine rings is 1. The molecule has 2 N–H and O–H groups in total. The second kappa shape index (κ2) is 6.14. The van der Waals surface area contributed by atoms with Crippen molar-refractivity contribution >= 4 is 33.6 Å². The van der Waals surface area contributed by atoms with Gasteiger partial charge in [-0.05, 0) is 47.3 Å². The van der Waals surface area contributed by atoms with Crippen LogP contribution in [0.4, 0.5) is 5.82 Å². The van der Waals surface area contributed by atoms with Crippen molar-refractivity contribution in [3.05, 3.63) is 22.8 Å². The highest BCUT2D eigenvalue weighted by atomic mass is 79.9. The Labute approximate surface area is 119 Å². The molecule has 1 aliphatic carbocycles. The maximum Gasteiger partial charge on any atom is 0.306 e. The van der Waals surface area contributed by atoms with Crippen LogP contribution in [0.15, 0.2) is 22.8 Å². The van der Waals surface area contributed by atoms with Crippen LogP contribution in [0.1, 0.15) is 25.7 Å². The van der Waals surface area contributed by atoms with Gasteiger partial charge in [-0.25, -0.2) is 4.98 Å². The normalized spacial score (nSPS) is 22.8. The number of carbonyl (C=O) groups is 2. The summed E-state index contributed by atoms with van der Waals surface area (Å²) in [5.41, 5.74) is 0. The van der Waals surface area contributed by atoms with Crippen molar-refractivity contribution in [1.29, 1.82) is 0 Å². The Hall–Kier alpha value is -1.43. The van der Waals surface area contributed by atoms with Gasteiger partial charge in [0.15, 0.2) is 0 Å². The molecular formula is C13H15BrN2O3. The molecule has 1 amide bonds. The van der Waals surface area contributed by atoms with Crippen LogP contribution in [0.3, 0.4) is 0 Å². The van der Waals surface area contributed by atoms with Crippen molar-refractivity contribution in [2.75, 3.05) is 5.32 Å². The zero-order valence-corrected chi connectivity index (χ0v) is 11.9. The molecule has 1 aromatic heterocycles. The van der Waals surface area contributed by atoms with Crippen LogP contribution < -0.4 is 5.32 Å². The van der Waals surface area contributed by atoms with Crippen molar-refractivity contribution < 1.29 is 14.7 Å². The molecule has 0 saturated heterocycles. The second-order valence-corrected chi connectivity index (χ2v) is 5.55. The lowest BCUT2D eigenvalue weighted by Gasteiger charge is -2.25. The average Bonchev–Trinajstić information content (AvgIpc) is 2.39. The topological polar surface area (TPSA) is 79.3 Å². The van der Waals surface area contributed by atoms with E-state index in [4.69, 9.17) is 5.11 Å². The Morgan fingerprint density at radius 1 is 1.32 bits per heavy atom. The summed E-state index contributed by atoms with van der Waals surface area (Å²) in [6.45, 7) is 0. The molecule has 0 spiro atoms. The standard InChI is InChI=1S/C13H15BrN2O3/c14-10-5-2-6-11(15-10)16-12(17)8-3-1-4-9(7-8)13(18)19/h2,5-6,8-9H,1,3-4,7H2,(H,18,19)(H,15,16,17). The minimum absolute atomic E-state index is 0.142. The van der Waals surface area contributed by atoms with E-state index in [0.29, 0.717) is 23.3 Å². The monoisotopic (exact) mass is 326 g/mol. The van der Waals surface area contributed by atoms with Gasteiger partial charge in [-0.1, -0.05) is 12.5 Å². The van der Waals surface area contributed by atoms with E-state index in [0.717, 1.165) is 12.8 Å². The molecule has 0 bridgehead atoms. The van der Waals surface area contributed by atoms with Crippen molar-refractivity contribution in [3.63, 3.8) is 0 Å². The number of aliphatic carboxylic acids is 1. The summed E-state index contributed by atoms with van der Waals surface area (Å²) < 4.78 is 0.650. The van der Waals surface area contributed by atoms with Gasteiger partial charge in [-0.15, -0.1) is 0 Å². The zero-order chi connectivity index (χ0) is 13.8. The van der Waals surface area contributed by atoms with Crippen LogP contribution >= 0.6 is 15.9 Å². The van der Waals surface area contributed by atoms with Gasteiger partial charge in [0.05, 0.1) is 5.92 Å². The third-order valence-electron chi connectivity index (χ3n) is 3.36.